The zero-order valence-corrected chi connectivity index (χ0v) is 15.9. The molecule has 0 bridgehead atoms. The normalized spacial score (nSPS) is 10.6. The number of anilines is 2. The van der Waals surface area contributed by atoms with Crippen LogP contribution in [0.3, 0.4) is 0 Å². The SMILES string of the molecule is COc1cccc(NC(=O)Nc2cccc(-c3cc4cc(Cl)ccc4[nH]3)c2)c1. The predicted octanol–water partition coefficient (Wildman–Crippen LogP) is 6.14. The molecule has 5 nitrogen and oxygen atoms in total. The lowest BCUT2D eigenvalue weighted by Gasteiger charge is -2.09. The second-order valence-corrected chi connectivity index (χ2v) is 6.74. The van der Waals surface area contributed by atoms with E-state index < -0.39 is 0 Å². The van der Waals surface area contributed by atoms with E-state index >= 15 is 0 Å². The highest BCUT2D eigenvalue weighted by molar-refractivity contribution is 6.31. The smallest absolute Gasteiger partial charge is 0.323 e. The van der Waals surface area contributed by atoms with E-state index in [-0.39, 0.29) is 6.03 Å². The van der Waals surface area contributed by atoms with Crippen molar-refractivity contribution >= 4 is 39.9 Å². The van der Waals surface area contributed by atoms with E-state index in [4.69, 9.17) is 16.3 Å². The molecule has 4 rings (SSSR count). The molecule has 0 unspecified atom stereocenters. The van der Waals surface area contributed by atoms with Crippen LogP contribution in [0.4, 0.5) is 16.2 Å². The molecular weight excluding hydrogens is 374 g/mol. The molecule has 0 aliphatic heterocycles. The first-order valence-electron chi connectivity index (χ1n) is 8.71. The van der Waals surface area contributed by atoms with Crippen LogP contribution >= 0.6 is 11.6 Å². The fourth-order valence-electron chi connectivity index (χ4n) is 3.02. The zero-order chi connectivity index (χ0) is 19.5. The van der Waals surface area contributed by atoms with E-state index in [2.05, 4.69) is 15.6 Å². The van der Waals surface area contributed by atoms with E-state index in [9.17, 15) is 4.79 Å². The second kappa shape index (κ2) is 7.66. The molecule has 3 aromatic carbocycles. The van der Waals surface area contributed by atoms with Gasteiger partial charge in [0.1, 0.15) is 5.75 Å². The molecule has 1 heterocycles. The van der Waals surface area contributed by atoms with Crippen molar-refractivity contribution in [1.29, 1.82) is 0 Å². The maximum Gasteiger partial charge on any atom is 0.323 e. The number of carbonyl (C=O) groups excluding carboxylic acids is 1. The summed E-state index contributed by atoms with van der Waals surface area (Å²) in [7, 11) is 1.59. The lowest BCUT2D eigenvalue weighted by molar-refractivity contribution is 0.262. The number of hydrogen-bond donors (Lipinski definition) is 3. The Morgan fingerprint density at radius 2 is 1.68 bits per heavy atom. The van der Waals surface area contributed by atoms with Gasteiger partial charge in [0.15, 0.2) is 0 Å². The molecule has 3 N–H and O–H groups in total. The maximum absolute atomic E-state index is 12.3. The Labute approximate surface area is 167 Å². The number of fused-ring (bicyclic) bond motifs is 1. The Balaban J connectivity index is 1.52. The van der Waals surface area contributed by atoms with Crippen LogP contribution in [0.15, 0.2) is 72.8 Å². The minimum absolute atomic E-state index is 0.325. The number of ether oxygens (including phenoxy) is 1. The van der Waals surface area contributed by atoms with Gasteiger partial charge in [-0.25, -0.2) is 4.79 Å². The topological polar surface area (TPSA) is 66.2 Å². The molecular formula is C22H18ClN3O2. The summed E-state index contributed by atoms with van der Waals surface area (Å²) in [5.41, 5.74) is 4.27. The number of hydrogen-bond acceptors (Lipinski definition) is 2. The molecule has 0 aliphatic carbocycles. The van der Waals surface area contributed by atoms with Gasteiger partial charge in [-0.3, -0.25) is 0 Å². The lowest BCUT2D eigenvalue weighted by atomic mass is 10.1. The van der Waals surface area contributed by atoms with Crippen LogP contribution in [0.1, 0.15) is 0 Å². The fourth-order valence-corrected chi connectivity index (χ4v) is 3.20. The number of urea groups is 1. The van der Waals surface area contributed by atoms with Crippen molar-refractivity contribution in [3.05, 3.63) is 77.8 Å². The number of H-pyrrole nitrogens is 1. The Morgan fingerprint density at radius 3 is 2.46 bits per heavy atom. The van der Waals surface area contributed by atoms with Crippen LogP contribution in [0.5, 0.6) is 5.75 Å². The van der Waals surface area contributed by atoms with Gasteiger partial charge in [0.05, 0.1) is 7.11 Å². The van der Waals surface area contributed by atoms with Crippen LogP contribution in [0, 0.1) is 0 Å². The first kappa shape index (κ1) is 17.9. The molecule has 0 spiro atoms. The van der Waals surface area contributed by atoms with E-state index in [1.54, 1.807) is 19.2 Å². The summed E-state index contributed by atoms with van der Waals surface area (Å²) in [5, 5.41) is 7.39. The van der Waals surface area contributed by atoms with Gasteiger partial charge in [-0.05, 0) is 48.5 Å². The summed E-state index contributed by atoms with van der Waals surface area (Å²) in [5.74, 6) is 0.679. The summed E-state index contributed by atoms with van der Waals surface area (Å²) in [6.07, 6.45) is 0. The van der Waals surface area contributed by atoms with Gasteiger partial charge in [-0.2, -0.15) is 0 Å². The summed E-state index contributed by atoms with van der Waals surface area (Å²) < 4.78 is 5.17. The third kappa shape index (κ3) is 3.94. The zero-order valence-electron chi connectivity index (χ0n) is 15.1. The van der Waals surface area contributed by atoms with Gasteiger partial charge in [0.2, 0.25) is 0 Å². The highest BCUT2D eigenvalue weighted by atomic mass is 35.5. The van der Waals surface area contributed by atoms with Gasteiger partial charge >= 0.3 is 6.03 Å². The number of aromatic amines is 1. The van der Waals surface area contributed by atoms with Crippen molar-refractivity contribution in [1.82, 2.24) is 4.98 Å². The van der Waals surface area contributed by atoms with Crippen LogP contribution in [-0.2, 0) is 0 Å². The monoisotopic (exact) mass is 391 g/mol. The number of nitrogens with one attached hydrogen (secondary N) is 3. The van der Waals surface area contributed by atoms with Crippen LogP contribution in [0.2, 0.25) is 5.02 Å². The molecule has 0 saturated heterocycles. The van der Waals surface area contributed by atoms with E-state index in [0.29, 0.717) is 22.1 Å². The van der Waals surface area contributed by atoms with Gasteiger partial charge in [-0.1, -0.05) is 29.8 Å². The molecule has 0 fully saturated rings. The van der Waals surface area contributed by atoms with E-state index in [1.165, 1.54) is 0 Å². The minimum atomic E-state index is -0.325. The van der Waals surface area contributed by atoms with E-state index in [0.717, 1.165) is 22.2 Å². The third-order valence-corrected chi connectivity index (χ3v) is 4.58. The minimum Gasteiger partial charge on any atom is -0.497 e. The molecule has 1 aromatic heterocycles. The predicted molar refractivity (Wildman–Crippen MR) is 114 cm³/mol. The summed E-state index contributed by atoms with van der Waals surface area (Å²) in [4.78, 5) is 15.7. The molecule has 28 heavy (non-hydrogen) atoms. The van der Waals surface area contributed by atoms with Crippen LogP contribution in [0.25, 0.3) is 22.2 Å². The fraction of sp³-hybridized carbons (Fsp3) is 0.0455. The molecule has 0 aliphatic rings. The number of amides is 2. The van der Waals surface area contributed by atoms with Crippen molar-refractivity contribution in [2.24, 2.45) is 0 Å². The van der Waals surface area contributed by atoms with Gasteiger partial charge < -0.3 is 20.4 Å². The molecule has 0 atom stereocenters. The molecule has 0 radical (unpaired) electrons. The average Bonchev–Trinajstić information content (AvgIpc) is 3.11. The van der Waals surface area contributed by atoms with Gasteiger partial charge in [-0.15, -0.1) is 0 Å². The highest BCUT2D eigenvalue weighted by Crippen LogP contribution is 2.28. The highest BCUT2D eigenvalue weighted by Gasteiger charge is 2.07. The first-order valence-corrected chi connectivity index (χ1v) is 9.09. The Bertz CT molecular complexity index is 1150. The number of halogens is 1. The van der Waals surface area contributed by atoms with Gasteiger partial charge in [0.25, 0.3) is 0 Å². The van der Waals surface area contributed by atoms with Crippen LogP contribution in [-0.4, -0.2) is 18.1 Å². The van der Waals surface area contributed by atoms with E-state index in [1.807, 2.05) is 60.7 Å². The molecule has 140 valence electrons. The van der Waals surface area contributed by atoms with Crippen molar-refractivity contribution < 1.29 is 9.53 Å². The number of aromatic nitrogens is 1. The molecule has 6 heteroatoms. The summed E-state index contributed by atoms with van der Waals surface area (Å²) >= 11 is 6.07. The van der Waals surface area contributed by atoms with Crippen molar-refractivity contribution in [3.8, 4) is 17.0 Å². The summed E-state index contributed by atoms with van der Waals surface area (Å²) in [6.45, 7) is 0. The standard InChI is InChI=1S/C22H18ClN3O2/c1-28-19-7-3-6-18(13-19)25-22(27)24-17-5-2-4-14(11-17)21-12-15-10-16(23)8-9-20(15)26-21/h2-13,26H,1H3,(H2,24,25,27). The number of rotatable bonds is 4. The van der Waals surface area contributed by atoms with Crippen molar-refractivity contribution in [3.63, 3.8) is 0 Å². The van der Waals surface area contributed by atoms with Crippen molar-refractivity contribution in [2.75, 3.05) is 17.7 Å². The quantitative estimate of drug-likeness (QED) is 0.391. The number of methoxy groups -OCH3 is 1. The Morgan fingerprint density at radius 1 is 0.929 bits per heavy atom. The third-order valence-electron chi connectivity index (χ3n) is 4.34. The van der Waals surface area contributed by atoms with Crippen LogP contribution < -0.4 is 15.4 Å². The number of carbonyl (C=O) groups is 1. The van der Waals surface area contributed by atoms with Gasteiger partial charge in [0, 0.05) is 44.6 Å². The maximum atomic E-state index is 12.3. The lowest BCUT2D eigenvalue weighted by Crippen LogP contribution is -2.19. The second-order valence-electron chi connectivity index (χ2n) is 6.31. The Hall–Kier alpha value is -3.44. The molecule has 2 amide bonds. The molecule has 0 saturated carbocycles. The molecule has 4 aromatic rings. The van der Waals surface area contributed by atoms with Crippen molar-refractivity contribution in [2.45, 2.75) is 0 Å². The summed E-state index contributed by atoms with van der Waals surface area (Å²) in [6, 6.07) is 22.3. The largest absolute Gasteiger partial charge is 0.497 e. The first-order chi connectivity index (χ1) is 13.6. The number of benzene rings is 3. The average molecular weight is 392 g/mol. The Kier molecular flexibility index (Phi) is 4.91.